The molecule has 0 bridgehead atoms. The van der Waals surface area contributed by atoms with E-state index in [1.54, 1.807) is 32.9 Å². The molecule has 1 fully saturated rings. The number of aliphatic hydroxyl groups is 1. The van der Waals surface area contributed by atoms with Crippen LogP contribution in [0.5, 0.6) is 0 Å². The summed E-state index contributed by atoms with van der Waals surface area (Å²) in [6.07, 6.45) is 0.649. The Morgan fingerprint density at radius 3 is 2.47 bits per heavy atom. The van der Waals surface area contributed by atoms with Crippen molar-refractivity contribution in [2.75, 3.05) is 6.54 Å². The Balaban J connectivity index is 1.96. The molecule has 2 aromatic rings. The quantitative estimate of drug-likeness (QED) is 0.335. The number of carbonyl (C=O) groups excluding carboxylic acids is 1. The lowest BCUT2D eigenvalue weighted by Gasteiger charge is -2.45. The van der Waals surface area contributed by atoms with Crippen LogP contribution in [0.15, 0.2) is 24.3 Å². The summed E-state index contributed by atoms with van der Waals surface area (Å²) < 4.78 is 35.8. The number of pyridine rings is 1. The van der Waals surface area contributed by atoms with Crippen LogP contribution < -0.4 is 0 Å². The zero-order valence-corrected chi connectivity index (χ0v) is 23.1. The molecule has 1 aliphatic rings. The van der Waals surface area contributed by atoms with Crippen LogP contribution in [0.3, 0.4) is 0 Å². The Kier molecular flexibility index (Phi) is 8.41. The summed E-state index contributed by atoms with van der Waals surface area (Å²) in [5.41, 5.74) is -2.82. The van der Waals surface area contributed by atoms with Crippen molar-refractivity contribution in [1.29, 1.82) is 0 Å². The van der Waals surface area contributed by atoms with Gasteiger partial charge in [-0.05, 0) is 73.1 Å². The third-order valence-electron chi connectivity index (χ3n) is 6.58. The van der Waals surface area contributed by atoms with Crippen molar-refractivity contribution >= 4 is 29.2 Å². The molecule has 2 heterocycles. The lowest BCUT2D eigenvalue weighted by Crippen LogP contribution is -2.51. The molecule has 0 spiro atoms. The lowest BCUT2D eigenvalue weighted by molar-refractivity contribution is -0.172. The van der Waals surface area contributed by atoms with Gasteiger partial charge in [0.15, 0.2) is 5.82 Å². The molecule has 0 aliphatic carbocycles. The number of hydrogen-bond acceptors (Lipinski definition) is 5. The first-order valence-corrected chi connectivity index (χ1v) is 12.8. The largest absolute Gasteiger partial charge is 0.460 e. The van der Waals surface area contributed by atoms with Crippen molar-refractivity contribution in [2.24, 2.45) is 5.41 Å². The maximum atomic E-state index is 15.5. The maximum Gasteiger partial charge on any atom is 0.313 e. The summed E-state index contributed by atoms with van der Waals surface area (Å²) in [5, 5.41) is 10.5. The Hall–Kier alpha value is -1.80. The number of hydrogen-bond donors (Lipinski definition) is 1. The number of benzene rings is 1. The van der Waals surface area contributed by atoms with Crippen molar-refractivity contribution in [3.05, 3.63) is 62.9 Å². The van der Waals surface area contributed by atoms with Gasteiger partial charge < -0.3 is 9.84 Å². The summed E-state index contributed by atoms with van der Waals surface area (Å²) in [6, 6.07) is 6.04. The number of esters is 1. The van der Waals surface area contributed by atoms with Crippen LogP contribution in [-0.4, -0.2) is 39.1 Å². The number of halogens is 4. The number of nitrogens with zero attached hydrogens (tertiary/aromatic N) is 2. The van der Waals surface area contributed by atoms with Crippen LogP contribution in [0, 0.1) is 17.0 Å². The molecule has 198 valence electrons. The Bertz CT molecular complexity index is 1130. The van der Waals surface area contributed by atoms with E-state index in [4.69, 9.17) is 27.9 Å². The predicted octanol–water partition coefficient (Wildman–Crippen LogP) is 6.45. The fraction of sp³-hybridized carbons (Fsp3) is 0.556. The molecule has 36 heavy (non-hydrogen) atoms. The summed E-state index contributed by atoms with van der Waals surface area (Å²) in [7, 11) is 0. The third kappa shape index (κ3) is 6.55. The Morgan fingerprint density at radius 2 is 1.89 bits per heavy atom. The number of carbonyl (C=O) groups is 1. The second kappa shape index (κ2) is 10.5. The van der Waals surface area contributed by atoms with E-state index in [1.165, 1.54) is 26.0 Å². The summed E-state index contributed by atoms with van der Waals surface area (Å²) in [4.78, 5) is 19.8. The standard InChI is InChI=1S/C27H34Cl2F2N2O3/c1-16-13-27(24(34)36-25(2,3)4,10-11-33(16)15-17-8-7-9-19(28)22(17)30)14-20-23(31)18(26(5,6)35)12-21(29)32-20/h7-9,12,16,35H,10-11,13-15H2,1-6H3. The Morgan fingerprint density at radius 1 is 1.22 bits per heavy atom. The van der Waals surface area contributed by atoms with E-state index in [9.17, 15) is 14.3 Å². The van der Waals surface area contributed by atoms with E-state index in [0.717, 1.165) is 0 Å². The number of piperidine rings is 1. The van der Waals surface area contributed by atoms with E-state index in [-0.39, 0.29) is 33.9 Å². The van der Waals surface area contributed by atoms with Gasteiger partial charge in [-0.2, -0.15) is 0 Å². The predicted molar refractivity (Wildman–Crippen MR) is 137 cm³/mol. The number of rotatable bonds is 6. The molecule has 1 aromatic carbocycles. The van der Waals surface area contributed by atoms with Crippen molar-refractivity contribution < 1.29 is 23.4 Å². The van der Waals surface area contributed by atoms with Crippen molar-refractivity contribution in [3.8, 4) is 0 Å². The van der Waals surface area contributed by atoms with E-state index in [0.29, 0.717) is 31.5 Å². The second-order valence-electron chi connectivity index (χ2n) is 11.3. The fourth-order valence-electron chi connectivity index (χ4n) is 4.73. The third-order valence-corrected chi connectivity index (χ3v) is 7.07. The molecular formula is C27H34Cl2F2N2O3. The molecule has 1 N–H and O–H groups in total. The molecule has 1 saturated heterocycles. The monoisotopic (exact) mass is 542 g/mol. The number of aromatic nitrogens is 1. The zero-order chi connectivity index (χ0) is 27.1. The van der Waals surface area contributed by atoms with Crippen LogP contribution in [0.4, 0.5) is 8.78 Å². The van der Waals surface area contributed by atoms with Crippen LogP contribution in [0.1, 0.15) is 71.2 Å². The molecule has 5 nitrogen and oxygen atoms in total. The average molecular weight is 543 g/mol. The first-order valence-electron chi connectivity index (χ1n) is 12.0. The molecule has 0 radical (unpaired) electrons. The Labute approximate surface area is 221 Å². The smallest absolute Gasteiger partial charge is 0.313 e. The minimum Gasteiger partial charge on any atom is -0.460 e. The zero-order valence-electron chi connectivity index (χ0n) is 21.6. The van der Waals surface area contributed by atoms with E-state index < -0.39 is 34.2 Å². The SMILES string of the molecule is CC1CC(Cc2nc(Cl)cc(C(C)(C)O)c2F)(C(=O)OC(C)(C)C)CCN1Cc1cccc(Cl)c1F. The fourth-order valence-corrected chi connectivity index (χ4v) is 5.14. The molecule has 2 unspecified atom stereocenters. The van der Waals surface area contributed by atoms with Crippen LogP contribution in [0.2, 0.25) is 10.2 Å². The highest BCUT2D eigenvalue weighted by atomic mass is 35.5. The van der Waals surface area contributed by atoms with E-state index in [2.05, 4.69) is 9.88 Å². The van der Waals surface area contributed by atoms with Crippen LogP contribution in [-0.2, 0) is 28.1 Å². The van der Waals surface area contributed by atoms with Crippen molar-refractivity contribution in [3.63, 3.8) is 0 Å². The number of ether oxygens (including phenoxy) is 1. The van der Waals surface area contributed by atoms with Gasteiger partial charge in [-0.1, -0.05) is 35.3 Å². The molecule has 2 atom stereocenters. The summed E-state index contributed by atoms with van der Waals surface area (Å²) >= 11 is 12.1. The van der Waals surface area contributed by atoms with Crippen molar-refractivity contribution in [1.82, 2.24) is 9.88 Å². The van der Waals surface area contributed by atoms with Gasteiger partial charge in [0, 0.05) is 30.1 Å². The first kappa shape index (κ1) is 28.8. The molecule has 0 saturated carbocycles. The summed E-state index contributed by atoms with van der Waals surface area (Å²) in [5.74, 6) is -1.59. The molecule has 1 aliphatic heterocycles. The van der Waals surface area contributed by atoms with Gasteiger partial charge >= 0.3 is 5.97 Å². The second-order valence-corrected chi connectivity index (χ2v) is 12.1. The molecule has 0 amide bonds. The van der Waals surface area contributed by atoms with Crippen LogP contribution >= 0.6 is 23.2 Å². The lowest BCUT2D eigenvalue weighted by atomic mass is 9.71. The van der Waals surface area contributed by atoms with Gasteiger partial charge in [0.25, 0.3) is 0 Å². The van der Waals surface area contributed by atoms with E-state index in [1.807, 2.05) is 6.92 Å². The average Bonchev–Trinajstić information content (AvgIpc) is 2.73. The van der Waals surface area contributed by atoms with Crippen molar-refractivity contribution in [2.45, 2.75) is 84.6 Å². The van der Waals surface area contributed by atoms with Gasteiger partial charge in [-0.3, -0.25) is 9.69 Å². The van der Waals surface area contributed by atoms with E-state index >= 15 is 4.39 Å². The van der Waals surface area contributed by atoms with Gasteiger partial charge in [-0.25, -0.2) is 13.8 Å². The number of likely N-dealkylation sites (tertiary alicyclic amines) is 1. The minimum atomic E-state index is -1.48. The molecular weight excluding hydrogens is 509 g/mol. The maximum absolute atomic E-state index is 15.5. The highest BCUT2D eigenvalue weighted by Crippen LogP contribution is 2.42. The summed E-state index contributed by atoms with van der Waals surface area (Å²) in [6.45, 7) is 11.0. The topological polar surface area (TPSA) is 62.7 Å². The van der Waals surface area contributed by atoms with Gasteiger partial charge in [0.1, 0.15) is 16.6 Å². The normalized spacial score (nSPS) is 21.5. The highest BCUT2D eigenvalue weighted by Gasteiger charge is 2.47. The molecule has 1 aromatic heterocycles. The highest BCUT2D eigenvalue weighted by molar-refractivity contribution is 6.30. The van der Waals surface area contributed by atoms with Gasteiger partial charge in [0.2, 0.25) is 0 Å². The molecule has 3 rings (SSSR count). The van der Waals surface area contributed by atoms with Gasteiger partial charge in [-0.15, -0.1) is 0 Å². The molecule has 9 heteroatoms. The van der Waals surface area contributed by atoms with Crippen LogP contribution in [0.25, 0.3) is 0 Å². The van der Waals surface area contributed by atoms with Gasteiger partial charge in [0.05, 0.1) is 21.7 Å². The minimum absolute atomic E-state index is 0.00650. The first-order chi connectivity index (χ1) is 16.5.